The number of nitrogens with zero attached hydrogens (tertiary/aromatic N) is 1. The van der Waals surface area contributed by atoms with E-state index < -0.39 is 5.91 Å². The summed E-state index contributed by atoms with van der Waals surface area (Å²) in [5.74, 6) is 4.30. The number of ether oxygens (including phenoxy) is 1. The number of amides is 1. The smallest absolute Gasteiger partial charge is 0.265 e. The van der Waals surface area contributed by atoms with E-state index in [2.05, 4.69) is 0 Å². The molecule has 112 valence electrons. The Kier molecular flexibility index (Phi) is 6.57. The molecule has 0 heterocycles. The first-order valence-electron chi connectivity index (χ1n) is 6.53. The second kappa shape index (κ2) is 7.94. The van der Waals surface area contributed by atoms with E-state index in [0.29, 0.717) is 30.8 Å². The molecule has 0 saturated heterocycles. The van der Waals surface area contributed by atoms with Gasteiger partial charge in [-0.1, -0.05) is 0 Å². The fourth-order valence-corrected chi connectivity index (χ4v) is 1.73. The van der Waals surface area contributed by atoms with Gasteiger partial charge < -0.3 is 4.74 Å². The van der Waals surface area contributed by atoms with Crippen LogP contribution in [0, 0.1) is 5.82 Å². The van der Waals surface area contributed by atoms with E-state index in [1.165, 1.54) is 18.2 Å². The molecule has 0 aliphatic heterocycles. The number of carbonyl (C=O) groups excluding carboxylic acids is 1. The third kappa shape index (κ3) is 5.24. The number of benzene rings is 1. The fourth-order valence-electron chi connectivity index (χ4n) is 1.73. The van der Waals surface area contributed by atoms with E-state index in [9.17, 15) is 9.18 Å². The first-order valence-corrected chi connectivity index (χ1v) is 6.53. The number of nitrogens with two attached hydrogens (primary N) is 1. The van der Waals surface area contributed by atoms with Crippen molar-refractivity contribution in [1.29, 1.82) is 0 Å². The topological polar surface area (TPSA) is 67.6 Å². The molecule has 6 heteroatoms. The van der Waals surface area contributed by atoms with Gasteiger partial charge in [-0.15, -0.1) is 0 Å². The van der Waals surface area contributed by atoms with Crippen LogP contribution in [0.5, 0.6) is 0 Å². The number of hydrazine groups is 1. The normalized spacial score (nSPS) is 11.2. The Morgan fingerprint density at radius 3 is 2.80 bits per heavy atom. The third-order valence-corrected chi connectivity index (χ3v) is 2.80. The molecule has 0 saturated carbocycles. The molecule has 20 heavy (non-hydrogen) atoms. The van der Waals surface area contributed by atoms with Crippen LogP contribution in [0.2, 0.25) is 0 Å². The first-order chi connectivity index (χ1) is 9.43. The van der Waals surface area contributed by atoms with Crippen molar-refractivity contribution < 1.29 is 13.9 Å². The van der Waals surface area contributed by atoms with Crippen molar-refractivity contribution in [3.63, 3.8) is 0 Å². The summed E-state index contributed by atoms with van der Waals surface area (Å²) in [4.78, 5) is 13.4. The molecule has 0 aliphatic carbocycles. The van der Waals surface area contributed by atoms with Crippen molar-refractivity contribution >= 4 is 5.91 Å². The molecule has 0 aromatic heterocycles. The summed E-state index contributed by atoms with van der Waals surface area (Å²) in [5.41, 5.74) is 2.83. The summed E-state index contributed by atoms with van der Waals surface area (Å²) in [6.07, 6.45) is 0.178. The van der Waals surface area contributed by atoms with Gasteiger partial charge in [-0.25, -0.2) is 10.2 Å². The molecule has 0 aliphatic rings. The summed E-state index contributed by atoms with van der Waals surface area (Å²) in [6, 6.07) is 4.19. The predicted molar refractivity (Wildman–Crippen MR) is 75.5 cm³/mol. The summed E-state index contributed by atoms with van der Waals surface area (Å²) >= 11 is 0. The van der Waals surface area contributed by atoms with Gasteiger partial charge in [0, 0.05) is 24.2 Å². The van der Waals surface area contributed by atoms with Crippen LogP contribution < -0.4 is 11.3 Å². The lowest BCUT2D eigenvalue weighted by molar-refractivity contribution is 0.0625. The Morgan fingerprint density at radius 2 is 2.20 bits per heavy atom. The van der Waals surface area contributed by atoms with Gasteiger partial charge in [-0.3, -0.25) is 15.1 Å². The molecule has 5 nitrogen and oxygen atoms in total. The van der Waals surface area contributed by atoms with Crippen molar-refractivity contribution in [2.45, 2.75) is 26.5 Å². The van der Waals surface area contributed by atoms with Gasteiger partial charge in [-0.05, 0) is 39.1 Å². The molecular formula is C14H22FN3O2. The minimum absolute atomic E-state index is 0.178. The first kappa shape index (κ1) is 16.6. The number of hydrogen-bond donors (Lipinski definition) is 2. The number of nitrogen functional groups attached to an aromatic ring is 1. The number of hydrogen-bond acceptors (Lipinski definition) is 4. The highest BCUT2D eigenvalue weighted by atomic mass is 19.1. The average Bonchev–Trinajstić information content (AvgIpc) is 2.40. The summed E-state index contributed by atoms with van der Waals surface area (Å²) in [7, 11) is 1.87. The molecular weight excluding hydrogens is 261 g/mol. The summed E-state index contributed by atoms with van der Waals surface area (Å²) in [6.45, 7) is 5.60. The zero-order chi connectivity index (χ0) is 15.1. The van der Waals surface area contributed by atoms with Crippen LogP contribution in [-0.2, 0) is 11.3 Å². The van der Waals surface area contributed by atoms with Crippen LogP contribution in [0.1, 0.15) is 29.8 Å². The van der Waals surface area contributed by atoms with Crippen LogP contribution in [0.3, 0.4) is 0 Å². The highest BCUT2D eigenvalue weighted by Gasteiger charge is 2.10. The molecule has 0 atom stereocenters. The monoisotopic (exact) mass is 283 g/mol. The Balaban J connectivity index is 2.64. The van der Waals surface area contributed by atoms with E-state index in [0.717, 1.165) is 0 Å². The molecule has 0 bridgehead atoms. The Labute approximate surface area is 118 Å². The second-order valence-corrected chi connectivity index (χ2v) is 4.94. The highest BCUT2D eigenvalue weighted by Crippen LogP contribution is 2.12. The quantitative estimate of drug-likeness (QED) is 0.449. The molecule has 3 N–H and O–H groups in total. The lowest BCUT2D eigenvalue weighted by Crippen LogP contribution is -2.30. The average molecular weight is 283 g/mol. The van der Waals surface area contributed by atoms with E-state index in [1.54, 1.807) is 0 Å². The molecule has 0 fully saturated rings. The van der Waals surface area contributed by atoms with E-state index in [-0.39, 0.29) is 11.9 Å². The van der Waals surface area contributed by atoms with Gasteiger partial charge in [0.2, 0.25) is 0 Å². The number of nitrogens with one attached hydrogen (secondary N) is 1. The van der Waals surface area contributed by atoms with Crippen molar-refractivity contribution in [2.24, 2.45) is 5.84 Å². The lowest BCUT2D eigenvalue weighted by Gasteiger charge is -2.18. The maximum Gasteiger partial charge on any atom is 0.265 e. The zero-order valence-electron chi connectivity index (χ0n) is 12.1. The number of likely N-dealkylation sites (N-methyl/N-ethyl adjacent to an activating group) is 1. The maximum atomic E-state index is 13.7. The molecule has 0 radical (unpaired) electrons. The lowest BCUT2D eigenvalue weighted by atomic mass is 10.1. The summed E-state index contributed by atoms with van der Waals surface area (Å²) < 4.78 is 19.2. The van der Waals surface area contributed by atoms with Crippen LogP contribution in [0.25, 0.3) is 0 Å². The van der Waals surface area contributed by atoms with Crippen LogP contribution in [0.15, 0.2) is 18.2 Å². The minimum atomic E-state index is -0.433. The van der Waals surface area contributed by atoms with Gasteiger partial charge in [0.25, 0.3) is 5.91 Å². The second-order valence-electron chi connectivity index (χ2n) is 4.94. The summed E-state index contributed by atoms with van der Waals surface area (Å²) in [5, 5.41) is 0. The van der Waals surface area contributed by atoms with Crippen molar-refractivity contribution in [1.82, 2.24) is 10.3 Å². The largest absolute Gasteiger partial charge is 0.377 e. The van der Waals surface area contributed by atoms with E-state index >= 15 is 0 Å². The van der Waals surface area contributed by atoms with Crippen molar-refractivity contribution in [3.05, 3.63) is 35.1 Å². The molecule has 0 unspecified atom stereocenters. The van der Waals surface area contributed by atoms with Crippen LogP contribution >= 0.6 is 0 Å². The SMILES string of the molecule is CC(C)OCCN(C)Cc1cc(C(=O)NN)ccc1F. The molecule has 0 spiro atoms. The van der Waals surface area contributed by atoms with Crippen molar-refractivity contribution in [2.75, 3.05) is 20.2 Å². The number of rotatable bonds is 7. The van der Waals surface area contributed by atoms with Crippen LogP contribution in [0.4, 0.5) is 4.39 Å². The van der Waals surface area contributed by atoms with Gasteiger partial charge in [0.15, 0.2) is 0 Å². The van der Waals surface area contributed by atoms with Gasteiger partial charge >= 0.3 is 0 Å². The van der Waals surface area contributed by atoms with Gasteiger partial charge in [0.1, 0.15) is 5.82 Å². The van der Waals surface area contributed by atoms with E-state index in [4.69, 9.17) is 10.6 Å². The minimum Gasteiger partial charge on any atom is -0.377 e. The zero-order valence-corrected chi connectivity index (χ0v) is 12.1. The molecule has 1 rings (SSSR count). The standard InChI is InChI=1S/C14H22FN3O2/c1-10(2)20-7-6-18(3)9-12-8-11(14(19)17-16)4-5-13(12)15/h4-5,8,10H,6-7,9,16H2,1-3H3,(H,17,19). The highest BCUT2D eigenvalue weighted by molar-refractivity contribution is 5.93. The van der Waals surface area contributed by atoms with Gasteiger partial charge in [0.05, 0.1) is 12.7 Å². The number of halogens is 1. The molecule has 1 amide bonds. The van der Waals surface area contributed by atoms with Gasteiger partial charge in [-0.2, -0.15) is 0 Å². The van der Waals surface area contributed by atoms with E-state index in [1.807, 2.05) is 31.2 Å². The Hall–Kier alpha value is -1.50. The molecule has 1 aromatic carbocycles. The predicted octanol–water partition coefficient (Wildman–Crippen LogP) is 1.29. The maximum absolute atomic E-state index is 13.7. The van der Waals surface area contributed by atoms with Crippen LogP contribution in [-0.4, -0.2) is 37.1 Å². The van der Waals surface area contributed by atoms with Crippen molar-refractivity contribution in [3.8, 4) is 0 Å². The Bertz CT molecular complexity index is 452. The molecule has 1 aromatic rings. The fraction of sp³-hybridized carbons (Fsp3) is 0.500. The number of carbonyl (C=O) groups is 1. The Morgan fingerprint density at radius 1 is 1.50 bits per heavy atom. The third-order valence-electron chi connectivity index (χ3n) is 2.80.